The molecule has 0 bridgehead atoms. The first-order chi connectivity index (χ1) is 17.2. The molecular formula is C26H30F2N4O3S. The molecule has 0 saturated carbocycles. The van der Waals surface area contributed by atoms with Gasteiger partial charge in [0.15, 0.2) is 11.6 Å². The van der Waals surface area contributed by atoms with Crippen LogP contribution in [-0.4, -0.2) is 60.4 Å². The van der Waals surface area contributed by atoms with Gasteiger partial charge in [0, 0.05) is 38.2 Å². The van der Waals surface area contributed by atoms with E-state index < -0.39 is 23.3 Å². The van der Waals surface area contributed by atoms with Gasteiger partial charge in [0.1, 0.15) is 21.3 Å². The third-order valence-corrected chi connectivity index (χ3v) is 7.40. The molecule has 1 saturated heterocycles. The van der Waals surface area contributed by atoms with Crippen LogP contribution in [0.4, 0.5) is 18.6 Å². The Morgan fingerprint density at radius 3 is 2.61 bits per heavy atom. The molecule has 1 aliphatic heterocycles. The first kappa shape index (κ1) is 26.2. The van der Waals surface area contributed by atoms with E-state index in [2.05, 4.69) is 20.5 Å². The lowest BCUT2D eigenvalue weighted by Gasteiger charge is -2.20. The number of urea groups is 1. The number of anilines is 1. The smallest absolute Gasteiger partial charge is 0.320 e. The van der Waals surface area contributed by atoms with Gasteiger partial charge in [-0.2, -0.15) is 0 Å². The topological polar surface area (TPSA) is 86.7 Å². The summed E-state index contributed by atoms with van der Waals surface area (Å²) in [6, 6.07) is 12.5. The first-order valence-corrected chi connectivity index (χ1v) is 12.5. The van der Waals surface area contributed by atoms with Gasteiger partial charge in [-0.3, -0.25) is 10.2 Å². The van der Waals surface area contributed by atoms with Gasteiger partial charge >= 0.3 is 6.03 Å². The van der Waals surface area contributed by atoms with E-state index >= 15 is 0 Å². The first-order valence-electron chi connectivity index (χ1n) is 11.7. The molecule has 0 aliphatic carbocycles. The molecule has 4 rings (SSSR count). The number of hydrogen-bond donors (Lipinski definition) is 3. The molecule has 0 spiro atoms. The number of hydrogen-bond acceptors (Lipinski definition) is 6. The maximum Gasteiger partial charge on any atom is 0.320 e. The molecular weight excluding hydrogens is 486 g/mol. The quantitative estimate of drug-likeness (QED) is 0.409. The SMILES string of the molecule is COCCN1CC(NC(=O)Nc2sc(C(C)(C)O)nc2-c2ccccc2)C(c2ccc(F)c(F)c2)C1. The second kappa shape index (κ2) is 11.0. The van der Waals surface area contributed by atoms with Crippen molar-refractivity contribution < 1.29 is 23.4 Å². The summed E-state index contributed by atoms with van der Waals surface area (Å²) in [5.41, 5.74) is 0.825. The predicted octanol–water partition coefficient (Wildman–Crippen LogP) is 4.55. The summed E-state index contributed by atoms with van der Waals surface area (Å²) in [4.78, 5) is 19.9. The van der Waals surface area contributed by atoms with Gasteiger partial charge in [-0.05, 0) is 31.5 Å². The minimum atomic E-state index is -1.17. The highest BCUT2D eigenvalue weighted by Gasteiger charge is 2.35. The zero-order valence-electron chi connectivity index (χ0n) is 20.4. The van der Waals surface area contributed by atoms with Crippen LogP contribution >= 0.6 is 11.3 Å². The lowest BCUT2D eigenvalue weighted by Crippen LogP contribution is -2.42. The molecule has 2 aromatic carbocycles. The monoisotopic (exact) mass is 516 g/mol. The number of amides is 2. The largest absolute Gasteiger partial charge is 0.383 e. The summed E-state index contributed by atoms with van der Waals surface area (Å²) in [5.74, 6) is -2.05. The number of carbonyl (C=O) groups is 1. The second-order valence-corrected chi connectivity index (χ2v) is 10.4. The fraction of sp³-hybridized carbons (Fsp3) is 0.385. The van der Waals surface area contributed by atoms with Crippen molar-refractivity contribution in [3.05, 3.63) is 70.7 Å². The van der Waals surface area contributed by atoms with E-state index in [0.29, 0.717) is 47.5 Å². The summed E-state index contributed by atoms with van der Waals surface area (Å²) in [6.45, 7) is 5.55. The van der Waals surface area contributed by atoms with Crippen LogP contribution in [0.5, 0.6) is 0 Å². The van der Waals surface area contributed by atoms with Crippen LogP contribution in [0.3, 0.4) is 0 Å². The lowest BCUT2D eigenvalue weighted by molar-refractivity contribution is 0.0783. The van der Waals surface area contributed by atoms with Crippen LogP contribution in [0.1, 0.15) is 30.3 Å². The third-order valence-electron chi connectivity index (χ3n) is 6.12. The number of carbonyl (C=O) groups excluding carboxylic acids is 1. The van der Waals surface area contributed by atoms with Gasteiger partial charge in [0.2, 0.25) is 0 Å². The molecule has 2 heterocycles. The zero-order valence-corrected chi connectivity index (χ0v) is 21.2. The number of methoxy groups -OCH3 is 1. The molecule has 1 aromatic heterocycles. The van der Waals surface area contributed by atoms with Crippen molar-refractivity contribution in [1.82, 2.24) is 15.2 Å². The molecule has 1 aliphatic rings. The van der Waals surface area contributed by atoms with E-state index in [-0.39, 0.29) is 12.0 Å². The van der Waals surface area contributed by atoms with E-state index in [0.717, 1.165) is 11.6 Å². The highest BCUT2D eigenvalue weighted by molar-refractivity contribution is 7.16. The molecule has 1 fully saturated rings. The second-order valence-electron chi connectivity index (χ2n) is 9.36. The van der Waals surface area contributed by atoms with E-state index in [1.807, 2.05) is 30.3 Å². The van der Waals surface area contributed by atoms with Crippen molar-refractivity contribution in [2.75, 3.05) is 38.7 Å². The fourth-order valence-electron chi connectivity index (χ4n) is 4.28. The Balaban J connectivity index is 1.56. The van der Waals surface area contributed by atoms with Gasteiger partial charge < -0.3 is 15.2 Å². The van der Waals surface area contributed by atoms with Crippen LogP contribution < -0.4 is 10.6 Å². The molecule has 2 atom stereocenters. The number of halogens is 2. The molecule has 3 aromatic rings. The van der Waals surface area contributed by atoms with Crippen molar-refractivity contribution in [1.29, 1.82) is 0 Å². The van der Waals surface area contributed by atoms with Gasteiger partial charge in [0.05, 0.1) is 12.6 Å². The van der Waals surface area contributed by atoms with Crippen molar-refractivity contribution in [3.8, 4) is 11.3 Å². The average Bonchev–Trinajstić information content (AvgIpc) is 3.44. The maximum absolute atomic E-state index is 14.0. The molecule has 192 valence electrons. The predicted molar refractivity (Wildman–Crippen MR) is 136 cm³/mol. The van der Waals surface area contributed by atoms with Crippen molar-refractivity contribution >= 4 is 22.4 Å². The number of nitrogens with zero attached hydrogens (tertiary/aromatic N) is 2. The summed E-state index contributed by atoms with van der Waals surface area (Å²) in [5, 5.41) is 17.4. The Bertz CT molecular complexity index is 1200. The van der Waals surface area contributed by atoms with Crippen LogP contribution in [0.25, 0.3) is 11.3 Å². The number of benzene rings is 2. The molecule has 3 N–H and O–H groups in total. The number of aromatic nitrogens is 1. The molecule has 36 heavy (non-hydrogen) atoms. The van der Waals surface area contributed by atoms with Crippen molar-refractivity contribution in [3.63, 3.8) is 0 Å². The van der Waals surface area contributed by atoms with E-state index in [4.69, 9.17) is 4.74 Å². The van der Waals surface area contributed by atoms with Gasteiger partial charge in [-0.15, -0.1) is 0 Å². The third kappa shape index (κ3) is 6.07. The number of ether oxygens (including phenoxy) is 1. The lowest BCUT2D eigenvalue weighted by atomic mass is 9.94. The Morgan fingerprint density at radius 2 is 1.94 bits per heavy atom. The number of thiazole rings is 1. The number of rotatable bonds is 8. The van der Waals surface area contributed by atoms with E-state index in [9.17, 15) is 18.7 Å². The van der Waals surface area contributed by atoms with Gasteiger partial charge in [-0.1, -0.05) is 47.7 Å². The van der Waals surface area contributed by atoms with E-state index in [1.165, 1.54) is 17.4 Å². The summed E-state index contributed by atoms with van der Waals surface area (Å²) in [6.07, 6.45) is 0. The zero-order chi connectivity index (χ0) is 25.9. The van der Waals surface area contributed by atoms with Gasteiger partial charge in [0.25, 0.3) is 0 Å². The summed E-state index contributed by atoms with van der Waals surface area (Å²) < 4.78 is 32.7. The van der Waals surface area contributed by atoms with Crippen LogP contribution in [0.2, 0.25) is 0 Å². The number of likely N-dealkylation sites (tertiary alicyclic amines) is 1. The Kier molecular flexibility index (Phi) is 7.99. The Morgan fingerprint density at radius 1 is 1.19 bits per heavy atom. The summed E-state index contributed by atoms with van der Waals surface area (Å²) >= 11 is 1.21. The summed E-state index contributed by atoms with van der Waals surface area (Å²) in [7, 11) is 1.62. The molecule has 2 amide bonds. The fourth-order valence-corrected chi connectivity index (χ4v) is 5.27. The number of aliphatic hydroxyl groups is 1. The highest BCUT2D eigenvalue weighted by Crippen LogP contribution is 2.37. The maximum atomic E-state index is 14.0. The van der Waals surface area contributed by atoms with Crippen LogP contribution in [0, 0.1) is 11.6 Å². The van der Waals surface area contributed by atoms with Crippen molar-refractivity contribution in [2.24, 2.45) is 0 Å². The Hall–Kier alpha value is -2.92. The standard InChI is InChI=1S/C26H30F2N4O3S/c1-26(2,34)24-30-22(16-7-5-4-6-8-16)23(36-24)31-25(33)29-21-15-32(11-12-35-3)14-18(21)17-9-10-19(27)20(28)13-17/h4-10,13,18,21,34H,11-12,14-15H2,1-3H3,(H2,29,31,33). The average molecular weight is 517 g/mol. The van der Waals surface area contributed by atoms with Crippen molar-refractivity contribution in [2.45, 2.75) is 31.4 Å². The molecule has 0 radical (unpaired) electrons. The molecule has 10 heteroatoms. The minimum Gasteiger partial charge on any atom is -0.383 e. The van der Waals surface area contributed by atoms with Crippen LogP contribution in [-0.2, 0) is 10.3 Å². The highest BCUT2D eigenvalue weighted by atomic mass is 32.1. The normalized spacial score (nSPS) is 18.4. The van der Waals surface area contributed by atoms with E-state index in [1.54, 1.807) is 27.0 Å². The number of nitrogens with one attached hydrogen (secondary N) is 2. The Labute approximate surface area is 213 Å². The molecule has 7 nitrogen and oxygen atoms in total. The molecule has 2 unspecified atom stereocenters. The minimum absolute atomic E-state index is 0.232. The van der Waals surface area contributed by atoms with Crippen LogP contribution in [0.15, 0.2) is 48.5 Å². The van der Waals surface area contributed by atoms with Gasteiger partial charge in [-0.25, -0.2) is 18.6 Å².